The molecule has 0 aliphatic heterocycles. The fraction of sp³-hybridized carbons (Fsp3) is 0.0769. The van der Waals surface area contributed by atoms with Crippen LogP contribution in [0.5, 0.6) is 0 Å². The molecule has 0 aliphatic rings. The lowest BCUT2D eigenvalue weighted by atomic mass is 10.2. The first kappa shape index (κ1) is 13.3. The number of halogens is 4. The molecule has 0 fully saturated rings. The number of benzene rings is 2. The van der Waals surface area contributed by atoms with Gasteiger partial charge in [-0.15, -0.1) is 0 Å². The van der Waals surface area contributed by atoms with Gasteiger partial charge < -0.3 is 5.32 Å². The van der Waals surface area contributed by atoms with Gasteiger partial charge in [-0.3, -0.25) is 0 Å². The molecule has 0 spiro atoms. The number of anilines is 1. The molecule has 0 unspecified atom stereocenters. The number of rotatable bonds is 3. The highest BCUT2D eigenvalue weighted by molar-refractivity contribution is 9.10. The quantitative estimate of drug-likeness (QED) is 0.834. The number of nitrogens with one attached hydrogen (secondary N) is 1. The van der Waals surface area contributed by atoms with Crippen LogP contribution in [0.15, 0.2) is 40.9 Å². The highest BCUT2D eigenvalue weighted by atomic mass is 79.9. The first-order valence-corrected chi connectivity index (χ1v) is 6.36. The molecule has 0 aliphatic carbocycles. The average Bonchev–Trinajstić information content (AvgIpc) is 2.34. The van der Waals surface area contributed by atoms with E-state index >= 15 is 0 Å². The maximum Gasteiger partial charge on any atom is 0.137 e. The van der Waals surface area contributed by atoms with Crippen molar-refractivity contribution in [2.75, 3.05) is 5.32 Å². The van der Waals surface area contributed by atoms with E-state index in [1.165, 1.54) is 24.3 Å². The Hall–Kier alpha value is -1.13. The Bertz CT molecular complexity index is 575. The van der Waals surface area contributed by atoms with E-state index in [1.54, 1.807) is 12.1 Å². The van der Waals surface area contributed by atoms with Crippen molar-refractivity contribution < 1.29 is 8.78 Å². The first-order valence-electron chi connectivity index (χ1n) is 5.19. The van der Waals surface area contributed by atoms with Crippen molar-refractivity contribution in [3.05, 3.63) is 63.1 Å². The minimum Gasteiger partial charge on any atom is -0.380 e. The summed E-state index contributed by atoms with van der Waals surface area (Å²) in [7, 11) is 0. The Labute approximate surface area is 117 Å². The molecule has 1 N–H and O–H groups in total. The van der Waals surface area contributed by atoms with Gasteiger partial charge in [0.05, 0.1) is 15.2 Å². The van der Waals surface area contributed by atoms with Gasteiger partial charge in [0.2, 0.25) is 0 Å². The lowest BCUT2D eigenvalue weighted by Crippen LogP contribution is -2.00. The summed E-state index contributed by atoms with van der Waals surface area (Å²) in [5.74, 6) is -0.676. The Morgan fingerprint density at radius 2 is 1.89 bits per heavy atom. The summed E-state index contributed by atoms with van der Waals surface area (Å²) in [6.45, 7) is 0.433. The van der Waals surface area contributed by atoms with Crippen LogP contribution >= 0.6 is 27.5 Å². The smallest absolute Gasteiger partial charge is 0.137 e. The summed E-state index contributed by atoms with van der Waals surface area (Å²) >= 11 is 9.03. The van der Waals surface area contributed by atoms with Crippen molar-refractivity contribution in [2.45, 2.75) is 6.54 Å². The van der Waals surface area contributed by atoms with Gasteiger partial charge in [0, 0.05) is 6.54 Å². The molecule has 2 rings (SSSR count). The van der Waals surface area contributed by atoms with Crippen molar-refractivity contribution in [1.29, 1.82) is 0 Å². The summed E-state index contributed by atoms with van der Waals surface area (Å²) in [5, 5.41) is 3.44. The topological polar surface area (TPSA) is 12.0 Å². The predicted octanol–water partition coefficient (Wildman–Crippen LogP) is 4.99. The zero-order valence-corrected chi connectivity index (χ0v) is 11.5. The van der Waals surface area contributed by atoms with Gasteiger partial charge in [0.1, 0.15) is 11.6 Å². The maximum absolute atomic E-state index is 13.0. The fourth-order valence-electron chi connectivity index (χ4n) is 1.48. The van der Waals surface area contributed by atoms with Gasteiger partial charge in [-0.2, -0.15) is 0 Å². The Kier molecular flexibility index (Phi) is 4.19. The van der Waals surface area contributed by atoms with Gasteiger partial charge in [-0.05, 0) is 51.8 Å². The van der Waals surface area contributed by atoms with Crippen molar-refractivity contribution >= 4 is 33.2 Å². The van der Waals surface area contributed by atoms with Crippen molar-refractivity contribution in [1.82, 2.24) is 0 Å². The molecule has 0 heterocycles. The molecule has 0 radical (unpaired) electrons. The average molecular weight is 333 g/mol. The van der Waals surface area contributed by atoms with Crippen LogP contribution in [0.3, 0.4) is 0 Å². The molecule has 0 saturated carbocycles. The van der Waals surface area contributed by atoms with Crippen LogP contribution in [0, 0.1) is 11.6 Å². The molecule has 0 atom stereocenters. The summed E-state index contributed by atoms with van der Waals surface area (Å²) in [6, 6.07) is 8.78. The van der Waals surface area contributed by atoms with Gasteiger partial charge >= 0.3 is 0 Å². The van der Waals surface area contributed by atoms with Crippen LogP contribution in [-0.2, 0) is 6.54 Å². The van der Waals surface area contributed by atoms with Gasteiger partial charge in [-0.25, -0.2) is 8.78 Å². The van der Waals surface area contributed by atoms with Crippen molar-refractivity contribution in [3.63, 3.8) is 0 Å². The second-order valence-corrected chi connectivity index (χ2v) is 4.99. The van der Waals surface area contributed by atoms with E-state index in [1.807, 2.05) is 0 Å². The first-order chi connectivity index (χ1) is 8.56. The molecule has 94 valence electrons. The van der Waals surface area contributed by atoms with E-state index in [4.69, 9.17) is 11.6 Å². The third-order valence-electron chi connectivity index (χ3n) is 2.40. The minimum absolute atomic E-state index is 0.317. The second-order valence-electron chi connectivity index (χ2n) is 3.73. The summed E-state index contributed by atoms with van der Waals surface area (Å²) in [5.41, 5.74) is 1.38. The fourth-order valence-corrected chi connectivity index (χ4v) is 2.09. The molecule has 0 saturated heterocycles. The van der Waals surface area contributed by atoms with Gasteiger partial charge in [-0.1, -0.05) is 17.7 Å². The SMILES string of the molecule is Fc1ccc(Cl)c(NCc2ccc(F)c(Br)c2)c1. The molecule has 0 bridgehead atoms. The number of hydrogen-bond donors (Lipinski definition) is 1. The van der Waals surface area contributed by atoms with E-state index in [0.717, 1.165) is 5.56 Å². The molecular weight excluding hydrogens is 324 g/mol. The molecule has 2 aromatic carbocycles. The highest BCUT2D eigenvalue weighted by Crippen LogP contribution is 2.23. The van der Waals surface area contributed by atoms with Crippen LogP contribution < -0.4 is 5.32 Å². The monoisotopic (exact) mass is 331 g/mol. The van der Waals surface area contributed by atoms with Crippen LogP contribution in [0.2, 0.25) is 5.02 Å². The Balaban J connectivity index is 2.11. The zero-order valence-electron chi connectivity index (χ0n) is 9.18. The largest absolute Gasteiger partial charge is 0.380 e. The third kappa shape index (κ3) is 3.21. The van der Waals surface area contributed by atoms with Crippen molar-refractivity contribution in [2.24, 2.45) is 0 Å². The summed E-state index contributed by atoms with van der Waals surface area (Å²) in [4.78, 5) is 0. The molecule has 0 amide bonds. The third-order valence-corrected chi connectivity index (χ3v) is 3.33. The number of hydrogen-bond acceptors (Lipinski definition) is 1. The van der Waals surface area contributed by atoms with Gasteiger partial charge in [0.25, 0.3) is 0 Å². The van der Waals surface area contributed by atoms with E-state index < -0.39 is 0 Å². The molecule has 18 heavy (non-hydrogen) atoms. The van der Waals surface area contributed by atoms with Crippen LogP contribution in [-0.4, -0.2) is 0 Å². The Morgan fingerprint density at radius 3 is 2.61 bits per heavy atom. The van der Waals surface area contributed by atoms with E-state index in [-0.39, 0.29) is 11.6 Å². The lowest BCUT2D eigenvalue weighted by Gasteiger charge is -2.09. The lowest BCUT2D eigenvalue weighted by molar-refractivity contribution is 0.620. The van der Waals surface area contributed by atoms with E-state index in [9.17, 15) is 8.78 Å². The standard InChI is InChI=1S/C13H9BrClF2N/c14-10-5-8(1-4-12(10)17)7-18-13-6-9(16)2-3-11(13)15/h1-6,18H,7H2. The summed E-state index contributed by atoms with van der Waals surface area (Å²) < 4.78 is 26.5. The minimum atomic E-state index is -0.359. The van der Waals surface area contributed by atoms with Crippen LogP contribution in [0.4, 0.5) is 14.5 Å². The molecular formula is C13H9BrClF2N. The van der Waals surface area contributed by atoms with Crippen LogP contribution in [0.1, 0.15) is 5.56 Å². The van der Waals surface area contributed by atoms with E-state index in [2.05, 4.69) is 21.2 Å². The molecule has 1 nitrogen and oxygen atoms in total. The molecule has 2 aromatic rings. The van der Waals surface area contributed by atoms with Crippen LogP contribution in [0.25, 0.3) is 0 Å². The molecule has 0 aromatic heterocycles. The Morgan fingerprint density at radius 1 is 1.11 bits per heavy atom. The van der Waals surface area contributed by atoms with Crippen molar-refractivity contribution in [3.8, 4) is 0 Å². The predicted molar refractivity (Wildman–Crippen MR) is 72.8 cm³/mol. The zero-order chi connectivity index (χ0) is 13.1. The maximum atomic E-state index is 13.0. The van der Waals surface area contributed by atoms with E-state index in [0.29, 0.717) is 21.7 Å². The normalized spacial score (nSPS) is 10.4. The highest BCUT2D eigenvalue weighted by Gasteiger charge is 2.03. The molecule has 5 heteroatoms. The second kappa shape index (κ2) is 5.67. The van der Waals surface area contributed by atoms with Gasteiger partial charge in [0.15, 0.2) is 0 Å². The summed E-state index contributed by atoms with van der Waals surface area (Å²) in [6.07, 6.45) is 0.